The van der Waals surface area contributed by atoms with E-state index in [0.29, 0.717) is 13.1 Å². The molecule has 6 nitrogen and oxygen atoms in total. The van der Waals surface area contributed by atoms with E-state index >= 15 is 0 Å². The van der Waals surface area contributed by atoms with E-state index < -0.39 is 5.60 Å². The van der Waals surface area contributed by atoms with Gasteiger partial charge in [-0.1, -0.05) is 17.7 Å². The highest BCUT2D eigenvalue weighted by Gasteiger charge is 2.37. The Balaban J connectivity index is 1.69. The summed E-state index contributed by atoms with van der Waals surface area (Å²) in [6, 6.07) is 8.35. The highest BCUT2D eigenvalue weighted by atomic mass is 127. The molecule has 1 aromatic carbocycles. The Morgan fingerprint density at radius 2 is 1.93 bits per heavy atom. The maximum absolute atomic E-state index is 12.3. The zero-order chi connectivity index (χ0) is 20.9. The van der Waals surface area contributed by atoms with Crippen LogP contribution in [0, 0.1) is 17.4 Å². The molecule has 1 saturated heterocycles. The molecule has 1 fully saturated rings. The number of hydrogen-bond acceptors (Lipinski definition) is 4. The SMILES string of the molecule is Cc1ccc(-n2nc(C3CN(C(=O)OC(C)(C)C)C3)c3c(I)ccnc32)c(C)c1. The van der Waals surface area contributed by atoms with Gasteiger partial charge in [-0.15, -0.1) is 0 Å². The Hall–Kier alpha value is -2.16. The Labute approximate surface area is 184 Å². The number of hydrogen-bond donors (Lipinski definition) is 0. The summed E-state index contributed by atoms with van der Waals surface area (Å²) in [6.45, 7) is 11.1. The first-order chi connectivity index (χ1) is 13.6. The van der Waals surface area contributed by atoms with Crippen LogP contribution in [0.5, 0.6) is 0 Å². The van der Waals surface area contributed by atoms with Crippen LogP contribution in [0.1, 0.15) is 43.5 Å². The largest absolute Gasteiger partial charge is 0.444 e. The topological polar surface area (TPSA) is 60.2 Å². The molecule has 4 rings (SSSR count). The zero-order valence-corrected chi connectivity index (χ0v) is 19.5. The van der Waals surface area contributed by atoms with Crippen molar-refractivity contribution in [2.24, 2.45) is 0 Å². The predicted octanol–water partition coefficient (Wildman–Crippen LogP) is 4.98. The number of carbonyl (C=O) groups is 1. The highest BCUT2D eigenvalue weighted by Crippen LogP contribution is 2.35. The molecule has 152 valence electrons. The standard InChI is InChI=1S/C22H25IN4O2/c1-13-6-7-17(14(2)10-13)27-20-18(16(23)8-9-24-20)19(25-27)15-11-26(12-15)21(28)29-22(3,4)5/h6-10,15H,11-12H2,1-5H3. The molecule has 0 N–H and O–H groups in total. The van der Waals surface area contributed by atoms with Gasteiger partial charge < -0.3 is 9.64 Å². The summed E-state index contributed by atoms with van der Waals surface area (Å²) in [5, 5.41) is 6.04. The second kappa shape index (κ2) is 7.27. The first-order valence-corrected chi connectivity index (χ1v) is 10.8. The molecule has 7 heteroatoms. The van der Waals surface area contributed by atoms with E-state index in [4.69, 9.17) is 9.84 Å². The molecule has 3 aromatic rings. The smallest absolute Gasteiger partial charge is 0.410 e. The third-order valence-electron chi connectivity index (χ3n) is 5.05. The quantitative estimate of drug-likeness (QED) is 0.463. The maximum atomic E-state index is 12.3. The summed E-state index contributed by atoms with van der Waals surface area (Å²) in [7, 11) is 0. The molecule has 1 aliphatic rings. The Morgan fingerprint density at radius 1 is 1.21 bits per heavy atom. The second-order valence-corrected chi connectivity index (χ2v) is 9.82. The van der Waals surface area contributed by atoms with Crippen LogP contribution in [0.15, 0.2) is 30.5 Å². The fourth-order valence-electron chi connectivity index (χ4n) is 3.65. The summed E-state index contributed by atoms with van der Waals surface area (Å²) in [6.07, 6.45) is 1.56. The second-order valence-electron chi connectivity index (χ2n) is 8.66. The monoisotopic (exact) mass is 504 g/mol. The molecular weight excluding hydrogens is 479 g/mol. The van der Waals surface area contributed by atoms with Crippen molar-refractivity contribution in [1.29, 1.82) is 0 Å². The van der Waals surface area contributed by atoms with Gasteiger partial charge in [-0.2, -0.15) is 5.10 Å². The molecule has 1 aliphatic heterocycles. The lowest BCUT2D eigenvalue weighted by Gasteiger charge is -2.39. The third kappa shape index (κ3) is 3.84. The number of aryl methyl sites for hydroxylation is 2. The van der Waals surface area contributed by atoms with Crippen LogP contribution >= 0.6 is 22.6 Å². The van der Waals surface area contributed by atoms with Crippen molar-refractivity contribution in [1.82, 2.24) is 19.7 Å². The molecule has 0 atom stereocenters. The van der Waals surface area contributed by atoms with E-state index in [1.54, 1.807) is 4.90 Å². The van der Waals surface area contributed by atoms with Gasteiger partial charge in [0.15, 0.2) is 5.65 Å². The number of benzene rings is 1. The molecule has 3 heterocycles. The van der Waals surface area contributed by atoms with Gasteiger partial charge >= 0.3 is 6.09 Å². The number of carbonyl (C=O) groups excluding carboxylic acids is 1. The lowest BCUT2D eigenvalue weighted by atomic mass is 9.95. The average Bonchev–Trinajstić information content (AvgIpc) is 2.92. The van der Waals surface area contributed by atoms with Gasteiger partial charge in [0, 0.05) is 28.8 Å². The first-order valence-electron chi connectivity index (χ1n) is 9.73. The number of fused-ring (bicyclic) bond motifs is 1. The van der Waals surface area contributed by atoms with Gasteiger partial charge in [0.05, 0.1) is 16.8 Å². The molecule has 0 aliphatic carbocycles. The summed E-state index contributed by atoms with van der Waals surface area (Å²) in [4.78, 5) is 18.7. The fraction of sp³-hybridized carbons (Fsp3) is 0.409. The summed E-state index contributed by atoms with van der Waals surface area (Å²) in [5.41, 5.74) is 4.78. The average molecular weight is 504 g/mol. The van der Waals surface area contributed by atoms with Crippen LogP contribution in [0.4, 0.5) is 4.79 Å². The number of nitrogens with zero attached hydrogens (tertiary/aromatic N) is 4. The Morgan fingerprint density at radius 3 is 2.59 bits per heavy atom. The van der Waals surface area contributed by atoms with Crippen LogP contribution in [0.3, 0.4) is 0 Å². The van der Waals surface area contributed by atoms with Gasteiger partial charge in [0.25, 0.3) is 0 Å². The fourth-order valence-corrected chi connectivity index (χ4v) is 4.33. The lowest BCUT2D eigenvalue weighted by Crippen LogP contribution is -2.50. The van der Waals surface area contributed by atoms with E-state index in [0.717, 1.165) is 31.5 Å². The summed E-state index contributed by atoms with van der Waals surface area (Å²) < 4.78 is 8.55. The molecule has 1 amide bonds. The van der Waals surface area contributed by atoms with Crippen LogP contribution in [-0.4, -0.2) is 44.4 Å². The Kier molecular flexibility index (Phi) is 5.04. The third-order valence-corrected chi connectivity index (χ3v) is 5.94. The number of pyridine rings is 1. The minimum atomic E-state index is -0.487. The van der Waals surface area contributed by atoms with Crippen molar-refractivity contribution >= 4 is 39.7 Å². The number of likely N-dealkylation sites (tertiary alicyclic amines) is 1. The molecule has 0 radical (unpaired) electrons. The molecule has 0 saturated carbocycles. The van der Waals surface area contributed by atoms with Gasteiger partial charge in [-0.25, -0.2) is 14.5 Å². The Bertz CT molecular complexity index is 1090. The molecule has 0 spiro atoms. The van der Waals surface area contributed by atoms with E-state index in [1.165, 1.54) is 5.56 Å². The van der Waals surface area contributed by atoms with Gasteiger partial charge in [0.2, 0.25) is 0 Å². The van der Waals surface area contributed by atoms with Crippen molar-refractivity contribution in [3.05, 3.63) is 50.9 Å². The van der Waals surface area contributed by atoms with Crippen molar-refractivity contribution in [2.45, 2.75) is 46.1 Å². The zero-order valence-electron chi connectivity index (χ0n) is 17.4. The minimum absolute atomic E-state index is 0.176. The highest BCUT2D eigenvalue weighted by molar-refractivity contribution is 14.1. The normalized spacial score (nSPS) is 14.9. The van der Waals surface area contributed by atoms with Crippen LogP contribution in [0.2, 0.25) is 0 Å². The van der Waals surface area contributed by atoms with Crippen LogP contribution in [-0.2, 0) is 4.74 Å². The molecule has 0 unspecified atom stereocenters. The van der Waals surface area contributed by atoms with E-state index in [2.05, 4.69) is 59.6 Å². The molecule has 0 bridgehead atoms. The van der Waals surface area contributed by atoms with Crippen LogP contribution < -0.4 is 0 Å². The van der Waals surface area contributed by atoms with E-state index in [-0.39, 0.29) is 12.0 Å². The minimum Gasteiger partial charge on any atom is -0.444 e. The molecule has 29 heavy (non-hydrogen) atoms. The van der Waals surface area contributed by atoms with Crippen molar-refractivity contribution in [3.63, 3.8) is 0 Å². The first kappa shape index (κ1) is 20.1. The van der Waals surface area contributed by atoms with Crippen molar-refractivity contribution in [3.8, 4) is 5.69 Å². The van der Waals surface area contributed by atoms with E-state index in [9.17, 15) is 4.79 Å². The van der Waals surface area contributed by atoms with Gasteiger partial charge in [-0.3, -0.25) is 0 Å². The van der Waals surface area contributed by atoms with Gasteiger partial charge in [-0.05, 0) is 74.9 Å². The number of rotatable bonds is 2. The van der Waals surface area contributed by atoms with E-state index in [1.807, 2.05) is 37.7 Å². The van der Waals surface area contributed by atoms with Gasteiger partial charge in [0.1, 0.15) is 5.60 Å². The van der Waals surface area contributed by atoms with Crippen LogP contribution in [0.25, 0.3) is 16.7 Å². The predicted molar refractivity (Wildman–Crippen MR) is 122 cm³/mol. The van der Waals surface area contributed by atoms with Crippen molar-refractivity contribution < 1.29 is 9.53 Å². The number of ether oxygens (including phenoxy) is 1. The lowest BCUT2D eigenvalue weighted by molar-refractivity contribution is 0.00794. The van der Waals surface area contributed by atoms with Crippen molar-refractivity contribution in [2.75, 3.05) is 13.1 Å². The number of halogens is 1. The molecule has 2 aromatic heterocycles. The maximum Gasteiger partial charge on any atom is 0.410 e. The summed E-state index contributed by atoms with van der Waals surface area (Å²) in [5.74, 6) is 0.176. The summed E-state index contributed by atoms with van der Waals surface area (Å²) >= 11 is 2.34. The number of aromatic nitrogens is 3. The number of amides is 1. The molecular formula is C22H25IN4O2.